The van der Waals surface area contributed by atoms with Crippen LogP contribution in [0.2, 0.25) is 10.0 Å². The molecule has 0 spiro atoms. The highest BCUT2D eigenvalue weighted by molar-refractivity contribution is 6.36. The standard InChI is InChI=1S/C23H21Cl2F2N3O3/c1-2-9-30(13-21(31)29-19-6-3-14(24)10-17(19)25)23(32)8-7-22-28-12-20(33-22)16-5-4-15(26)11-18(16)27/h3-6,10-12H,2,7-9,13H2,1H3,(H,29,31). The Morgan fingerprint density at radius 1 is 1.15 bits per heavy atom. The monoisotopic (exact) mass is 495 g/mol. The van der Waals surface area contributed by atoms with Gasteiger partial charge in [0.05, 0.1) is 29.0 Å². The van der Waals surface area contributed by atoms with Gasteiger partial charge >= 0.3 is 0 Å². The Labute approximate surface area is 199 Å². The molecule has 0 unspecified atom stereocenters. The van der Waals surface area contributed by atoms with Crippen LogP contribution in [0, 0.1) is 11.6 Å². The number of benzene rings is 2. The summed E-state index contributed by atoms with van der Waals surface area (Å²) in [5, 5.41) is 3.40. The topological polar surface area (TPSA) is 75.4 Å². The number of aryl methyl sites for hydroxylation is 1. The third-order valence-corrected chi connectivity index (χ3v) is 5.24. The van der Waals surface area contributed by atoms with Crippen LogP contribution in [0.5, 0.6) is 0 Å². The van der Waals surface area contributed by atoms with Crippen LogP contribution < -0.4 is 5.32 Å². The summed E-state index contributed by atoms with van der Waals surface area (Å²) in [6.45, 7) is 2.13. The van der Waals surface area contributed by atoms with E-state index in [0.717, 1.165) is 12.1 Å². The van der Waals surface area contributed by atoms with Gasteiger partial charge in [-0.1, -0.05) is 30.1 Å². The molecule has 174 valence electrons. The predicted molar refractivity (Wildman–Crippen MR) is 122 cm³/mol. The van der Waals surface area contributed by atoms with E-state index in [9.17, 15) is 18.4 Å². The van der Waals surface area contributed by atoms with Crippen molar-refractivity contribution in [2.24, 2.45) is 0 Å². The summed E-state index contributed by atoms with van der Waals surface area (Å²) < 4.78 is 32.5. The van der Waals surface area contributed by atoms with Gasteiger partial charge in [0.2, 0.25) is 11.8 Å². The van der Waals surface area contributed by atoms with Gasteiger partial charge < -0.3 is 14.6 Å². The van der Waals surface area contributed by atoms with E-state index in [1.807, 2.05) is 6.92 Å². The molecule has 0 fully saturated rings. The highest BCUT2D eigenvalue weighted by Crippen LogP contribution is 2.26. The van der Waals surface area contributed by atoms with E-state index < -0.39 is 17.5 Å². The molecule has 0 aliphatic heterocycles. The number of hydrogen-bond acceptors (Lipinski definition) is 4. The third kappa shape index (κ3) is 6.76. The molecular formula is C23H21Cl2F2N3O3. The number of nitrogens with zero attached hydrogens (tertiary/aromatic N) is 2. The summed E-state index contributed by atoms with van der Waals surface area (Å²) in [6, 6.07) is 7.82. The average Bonchev–Trinajstić information content (AvgIpc) is 3.22. The molecule has 0 aliphatic rings. The smallest absolute Gasteiger partial charge is 0.244 e. The summed E-state index contributed by atoms with van der Waals surface area (Å²) in [6.07, 6.45) is 2.18. The molecule has 1 N–H and O–H groups in total. The van der Waals surface area contributed by atoms with Crippen molar-refractivity contribution < 1.29 is 22.8 Å². The van der Waals surface area contributed by atoms with Gasteiger partial charge in [-0.25, -0.2) is 13.8 Å². The first-order valence-electron chi connectivity index (χ1n) is 10.2. The number of carbonyl (C=O) groups excluding carboxylic acids is 2. The fraction of sp³-hybridized carbons (Fsp3) is 0.261. The highest BCUT2D eigenvalue weighted by Gasteiger charge is 2.19. The molecule has 0 saturated carbocycles. The van der Waals surface area contributed by atoms with Gasteiger partial charge in [0.15, 0.2) is 11.7 Å². The third-order valence-electron chi connectivity index (χ3n) is 4.69. The van der Waals surface area contributed by atoms with Gasteiger partial charge in [-0.3, -0.25) is 9.59 Å². The number of rotatable bonds is 9. The Bertz CT molecular complexity index is 1150. The Balaban J connectivity index is 1.59. The van der Waals surface area contributed by atoms with E-state index in [2.05, 4.69) is 10.3 Å². The number of aromatic nitrogens is 1. The quantitative estimate of drug-likeness (QED) is 0.410. The number of carbonyl (C=O) groups is 2. The minimum atomic E-state index is -0.769. The highest BCUT2D eigenvalue weighted by atomic mass is 35.5. The number of oxazole rings is 1. The zero-order chi connectivity index (χ0) is 24.0. The summed E-state index contributed by atoms with van der Waals surface area (Å²) >= 11 is 11.9. The lowest BCUT2D eigenvalue weighted by Crippen LogP contribution is -2.38. The molecule has 0 bridgehead atoms. The molecule has 6 nitrogen and oxygen atoms in total. The molecule has 2 aromatic carbocycles. The van der Waals surface area contributed by atoms with Gasteiger partial charge in [0.25, 0.3) is 0 Å². The van der Waals surface area contributed by atoms with Crippen molar-refractivity contribution in [2.75, 3.05) is 18.4 Å². The van der Waals surface area contributed by atoms with Crippen molar-refractivity contribution in [2.45, 2.75) is 26.2 Å². The van der Waals surface area contributed by atoms with Gasteiger partial charge in [-0.2, -0.15) is 0 Å². The van der Waals surface area contributed by atoms with E-state index in [1.165, 1.54) is 23.2 Å². The Morgan fingerprint density at radius 3 is 2.64 bits per heavy atom. The first kappa shape index (κ1) is 24.7. The lowest BCUT2D eigenvalue weighted by Gasteiger charge is -2.21. The van der Waals surface area contributed by atoms with Crippen LogP contribution in [-0.4, -0.2) is 34.8 Å². The molecule has 0 aliphatic carbocycles. The summed E-state index contributed by atoms with van der Waals surface area (Å²) in [7, 11) is 0. The largest absolute Gasteiger partial charge is 0.441 e. The van der Waals surface area contributed by atoms with Crippen molar-refractivity contribution in [1.29, 1.82) is 0 Å². The van der Waals surface area contributed by atoms with Crippen LogP contribution >= 0.6 is 23.2 Å². The molecule has 3 aromatic rings. The first-order valence-corrected chi connectivity index (χ1v) is 10.9. The van der Waals surface area contributed by atoms with Crippen LogP contribution in [0.1, 0.15) is 25.7 Å². The van der Waals surface area contributed by atoms with Crippen molar-refractivity contribution in [1.82, 2.24) is 9.88 Å². The van der Waals surface area contributed by atoms with Gasteiger partial charge in [-0.05, 0) is 36.8 Å². The molecular weight excluding hydrogens is 475 g/mol. The predicted octanol–water partition coefficient (Wildman–Crippen LogP) is 5.74. The average molecular weight is 496 g/mol. The number of nitrogens with one attached hydrogen (secondary N) is 1. The van der Waals surface area contributed by atoms with Gasteiger partial charge in [0.1, 0.15) is 11.6 Å². The Morgan fingerprint density at radius 2 is 1.94 bits per heavy atom. The number of halogens is 4. The number of anilines is 1. The second-order valence-electron chi connectivity index (χ2n) is 7.23. The maximum absolute atomic E-state index is 13.9. The minimum Gasteiger partial charge on any atom is -0.441 e. The molecule has 10 heteroatoms. The molecule has 3 rings (SSSR count). The van der Waals surface area contributed by atoms with E-state index >= 15 is 0 Å². The molecule has 0 radical (unpaired) electrons. The maximum Gasteiger partial charge on any atom is 0.244 e. The summed E-state index contributed by atoms with van der Waals surface area (Å²) in [4.78, 5) is 30.6. The molecule has 1 aromatic heterocycles. The van der Waals surface area contributed by atoms with Gasteiger partial charge in [0, 0.05) is 30.5 Å². The fourth-order valence-electron chi connectivity index (χ4n) is 3.13. The first-order chi connectivity index (χ1) is 15.8. The maximum atomic E-state index is 13.9. The number of hydrogen-bond donors (Lipinski definition) is 1. The second-order valence-corrected chi connectivity index (χ2v) is 8.07. The Kier molecular flexibility index (Phi) is 8.41. The van der Waals surface area contributed by atoms with E-state index in [0.29, 0.717) is 28.7 Å². The van der Waals surface area contributed by atoms with Crippen molar-refractivity contribution in [3.8, 4) is 11.3 Å². The van der Waals surface area contributed by atoms with Crippen LogP contribution in [-0.2, 0) is 16.0 Å². The molecule has 33 heavy (non-hydrogen) atoms. The zero-order valence-corrected chi connectivity index (χ0v) is 19.2. The second kappa shape index (κ2) is 11.2. The van der Waals surface area contributed by atoms with Crippen molar-refractivity contribution in [3.63, 3.8) is 0 Å². The lowest BCUT2D eigenvalue weighted by molar-refractivity contribution is -0.134. The van der Waals surface area contributed by atoms with Gasteiger partial charge in [-0.15, -0.1) is 0 Å². The number of amides is 2. The normalized spacial score (nSPS) is 10.8. The molecule has 0 atom stereocenters. The van der Waals surface area contributed by atoms with Crippen molar-refractivity contribution in [3.05, 3.63) is 70.2 Å². The van der Waals surface area contributed by atoms with Crippen LogP contribution in [0.3, 0.4) is 0 Å². The molecule has 0 saturated heterocycles. The van der Waals surface area contributed by atoms with E-state index in [1.54, 1.807) is 12.1 Å². The van der Waals surface area contributed by atoms with Crippen LogP contribution in [0.25, 0.3) is 11.3 Å². The lowest BCUT2D eigenvalue weighted by atomic mass is 10.2. The van der Waals surface area contributed by atoms with E-state index in [4.69, 9.17) is 27.6 Å². The van der Waals surface area contributed by atoms with Crippen LogP contribution in [0.4, 0.5) is 14.5 Å². The summed E-state index contributed by atoms with van der Waals surface area (Å²) in [5.41, 5.74) is 0.474. The molecule has 1 heterocycles. The van der Waals surface area contributed by atoms with Crippen LogP contribution in [0.15, 0.2) is 47.0 Å². The molecule has 2 amide bonds. The summed E-state index contributed by atoms with van der Waals surface area (Å²) in [5.74, 6) is -1.75. The SMILES string of the molecule is CCCN(CC(=O)Nc1ccc(Cl)cc1Cl)C(=O)CCc1ncc(-c2ccc(F)cc2F)o1. The zero-order valence-electron chi connectivity index (χ0n) is 17.7. The fourth-order valence-corrected chi connectivity index (χ4v) is 3.58. The minimum absolute atomic E-state index is 0.0425. The van der Waals surface area contributed by atoms with E-state index in [-0.39, 0.29) is 42.5 Å². The Hall–Kier alpha value is -2.97. The van der Waals surface area contributed by atoms with Crippen molar-refractivity contribution >= 4 is 40.7 Å².